The topological polar surface area (TPSA) is 116 Å². The molecule has 0 aliphatic carbocycles. The van der Waals surface area contributed by atoms with Gasteiger partial charge >= 0.3 is 12.0 Å². The van der Waals surface area contributed by atoms with Gasteiger partial charge in [-0.1, -0.05) is 0 Å². The van der Waals surface area contributed by atoms with Crippen LogP contribution in [0.4, 0.5) is 4.79 Å². The lowest BCUT2D eigenvalue weighted by atomic mass is 10.3. The van der Waals surface area contributed by atoms with E-state index in [0.717, 1.165) is 5.82 Å². The number of carboxylic acids is 1. The molecule has 1 atom stereocenters. The lowest BCUT2D eigenvalue weighted by Crippen LogP contribution is -2.48. The number of aliphatic carboxylic acids is 1. The molecule has 18 heavy (non-hydrogen) atoms. The average molecular weight is 256 g/mol. The van der Waals surface area contributed by atoms with Crippen molar-refractivity contribution in [2.45, 2.75) is 12.5 Å². The van der Waals surface area contributed by atoms with Gasteiger partial charge in [-0.3, -0.25) is 0 Å². The number of rotatable bonds is 7. The summed E-state index contributed by atoms with van der Waals surface area (Å²) in [5.41, 5.74) is 0. The number of hydrogen-bond acceptors (Lipinski definition) is 4. The minimum atomic E-state index is -1.14. The van der Waals surface area contributed by atoms with Crippen molar-refractivity contribution in [2.24, 2.45) is 0 Å². The summed E-state index contributed by atoms with van der Waals surface area (Å²) in [5.74, 6) is -0.389. The summed E-state index contributed by atoms with van der Waals surface area (Å²) in [7, 11) is 1.37. The van der Waals surface area contributed by atoms with Gasteiger partial charge < -0.3 is 25.5 Å². The highest BCUT2D eigenvalue weighted by molar-refractivity contribution is 5.82. The lowest BCUT2D eigenvalue weighted by molar-refractivity contribution is -0.140. The molecular weight excluding hydrogens is 240 g/mol. The van der Waals surface area contributed by atoms with E-state index < -0.39 is 18.0 Å². The van der Waals surface area contributed by atoms with Crippen LogP contribution in [0.25, 0.3) is 0 Å². The molecule has 0 bridgehead atoms. The number of aromatic amines is 1. The summed E-state index contributed by atoms with van der Waals surface area (Å²) in [6.45, 7) is 0.277. The van der Waals surface area contributed by atoms with E-state index in [-0.39, 0.29) is 6.61 Å². The average Bonchev–Trinajstić information content (AvgIpc) is 2.81. The van der Waals surface area contributed by atoms with Crippen LogP contribution < -0.4 is 10.6 Å². The monoisotopic (exact) mass is 256 g/mol. The number of urea groups is 1. The molecule has 0 saturated heterocycles. The van der Waals surface area contributed by atoms with Crippen molar-refractivity contribution in [3.8, 4) is 0 Å². The molecule has 100 valence electrons. The maximum absolute atomic E-state index is 11.4. The SMILES string of the molecule is COCC(NC(=O)NCCc1ncc[nH]1)C(=O)O. The number of aromatic nitrogens is 2. The number of nitrogens with zero attached hydrogens (tertiary/aromatic N) is 1. The minimum Gasteiger partial charge on any atom is -0.480 e. The molecule has 8 heteroatoms. The van der Waals surface area contributed by atoms with Crippen LogP contribution in [0.2, 0.25) is 0 Å². The Morgan fingerprint density at radius 2 is 2.39 bits per heavy atom. The van der Waals surface area contributed by atoms with Crippen molar-refractivity contribution in [2.75, 3.05) is 20.3 Å². The summed E-state index contributed by atoms with van der Waals surface area (Å²) in [6, 6.07) is -1.61. The molecule has 0 aromatic carbocycles. The second-order valence-corrected chi connectivity index (χ2v) is 3.53. The fourth-order valence-corrected chi connectivity index (χ4v) is 1.28. The lowest BCUT2D eigenvalue weighted by Gasteiger charge is -2.13. The Labute approximate surface area is 104 Å². The van der Waals surface area contributed by atoms with E-state index in [0.29, 0.717) is 13.0 Å². The van der Waals surface area contributed by atoms with E-state index in [9.17, 15) is 9.59 Å². The first-order valence-electron chi connectivity index (χ1n) is 5.38. The number of amides is 2. The minimum absolute atomic E-state index is 0.0824. The summed E-state index contributed by atoms with van der Waals surface area (Å²) in [5, 5.41) is 13.6. The summed E-state index contributed by atoms with van der Waals surface area (Å²) >= 11 is 0. The van der Waals surface area contributed by atoms with Crippen molar-refractivity contribution in [3.05, 3.63) is 18.2 Å². The van der Waals surface area contributed by atoms with Crippen LogP contribution in [0.1, 0.15) is 5.82 Å². The van der Waals surface area contributed by atoms with Crippen molar-refractivity contribution < 1.29 is 19.4 Å². The molecule has 0 spiro atoms. The Bertz CT molecular complexity index is 379. The first-order valence-corrected chi connectivity index (χ1v) is 5.38. The zero-order chi connectivity index (χ0) is 13.4. The van der Waals surface area contributed by atoms with E-state index in [1.165, 1.54) is 7.11 Å². The smallest absolute Gasteiger partial charge is 0.328 e. The zero-order valence-corrected chi connectivity index (χ0v) is 9.97. The summed E-state index contributed by atoms with van der Waals surface area (Å²) in [6.07, 6.45) is 3.85. The normalized spacial score (nSPS) is 11.8. The van der Waals surface area contributed by atoms with Gasteiger partial charge in [0, 0.05) is 32.5 Å². The number of hydrogen-bond donors (Lipinski definition) is 4. The molecule has 1 unspecified atom stereocenters. The predicted molar refractivity (Wildman–Crippen MR) is 62.1 cm³/mol. The van der Waals surface area contributed by atoms with Crippen molar-refractivity contribution in [3.63, 3.8) is 0 Å². The van der Waals surface area contributed by atoms with Crippen LogP contribution in [-0.2, 0) is 16.0 Å². The van der Waals surface area contributed by atoms with Crippen LogP contribution in [0.3, 0.4) is 0 Å². The Morgan fingerprint density at radius 3 is 2.94 bits per heavy atom. The molecule has 0 fully saturated rings. The molecule has 8 nitrogen and oxygen atoms in total. The van der Waals surface area contributed by atoms with E-state index in [2.05, 4.69) is 20.6 Å². The number of carboxylic acid groups (broad SMARTS) is 1. The van der Waals surface area contributed by atoms with Gasteiger partial charge in [0.1, 0.15) is 5.82 Å². The number of ether oxygens (including phenoxy) is 1. The third-order valence-electron chi connectivity index (χ3n) is 2.14. The Morgan fingerprint density at radius 1 is 1.61 bits per heavy atom. The molecule has 1 aromatic heterocycles. The third kappa shape index (κ3) is 4.83. The number of carbonyl (C=O) groups excluding carboxylic acids is 1. The summed E-state index contributed by atoms with van der Waals surface area (Å²) in [4.78, 5) is 29.0. The number of methoxy groups -OCH3 is 1. The zero-order valence-electron chi connectivity index (χ0n) is 9.97. The standard InChI is InChI=1S/C10H16N4O4/c1-18-6-7(9(15)16)14-10(17)13-3-2-8-11-4-5-12-8/h4-5,7H,2-3,6H2,1H3,(H,11,12)(H,15,16)(H2,13,14,17). The van der Waals surface area contributed by atoms with Gasteiger partial charge in [0.25, 0.3) is 0 Å². The van der Waals surface area contributed by atoms with Gasteiger partial charge in [-0.2, -0.15) is 0 Å². The molecule has 0 aliphatic heterocycles. The second-order valence-electron chi connectivity index (χ2n) is 3.53. The fourth-order valence-electron chi connectivity index (χ4n) is 1.28. The molecule has 2 amide bonds. The number of nitrogens with one attached hydrogen (secondary N) is 3. The molecule has 1 aromatic rings. The van der Waals surface area contributed by atoms with E-state index in [4.69, 9.17) is 9.84 Å². The van der Waals surface area contributed by atoms with Crippen LogP contribution in [0, 0.1) is 0 Å². The fraction of sp³-hybridized carbons (Fsp3) is 0.500. The van der Waals surface area contributed by atoms with E-state index in [1.54, 1.807) is 12.4 Å². The van der Waals surface area contributed by atoms with Crippen LogP contribution in [-0.4, -0.2) is 53.4 Å². The highest BCUT2D eigenvalue weighted by atomic mass is 16.5. The highest BCUT2D eigenvalue weighted by Gasteiger charge is 2.19. The Hall–Kier alpha value is -2.09. The van der Waals surface area contributed by atoms with Gasteiger partial charge in [-0.15, -0.1) is 0 Å². The molecule has 0 radical (unpaired) electrons. The van der Waals surface area contributed by atoms with Gasteiger partial charge in [0.15, 0.2) is 6.04 Å². The maximum atomic E-state index is 11.4. The number of imidazole rings is 1. The van der Waals surface area contributed by atoms with E-state index >= 15 is 0 Å². The van der Waals surface area contributed by atoms with Crippen molar-refractivity contribution >= 4 is 12.0 Å². The molecule has 1 rings (SSSR count). The van der Waals surface area contributed by atoms with E-state index in [1.807, 2.05) is 0 Å². The predicted octanol–water partition coefficient (Wildman–Crippen LogP) is -0.649. The van der Waals surface area contributed by atoms with Crippen LogP contribution in [0.15, 0.2) is 12.4 Å². The molecule has 0 saturated carbocycles. The number of H-pyrrole nitrogens is 1. The quantitative estimate of drug-likeness (QED) is 0.517. The molecule has 0 aliphatic rings. The van der Waals surface area contributed by atoms with Crippen LogP contribution >= 0.6 is 0 Å². The van der Waals surface area contributed by atoms with Gasteiger partial charge in [0.2, 0.25) is 0 Å². The van der Waals surface area contributed by atoms with Gasteiger partial charge in [0.05, 0.1) is 6.61 Å². The Kier molecular flexibility index (Phi) is 5.65. The van der Waals surface area contributed by atoms with Crippen LogP contribution in [0.5, 0.6) is 0 Å². The number of carbonyl (C=O) groups is 2. The maximum Gasteiger partial charge on any atom is 0.328 e. The largest absolute Gasteiger partial charge is 0.480 e. The van der Waals surface area contributed by atoms with Gasteiger partial charge in [-0.05, 0) is 0 Å². The Balaban J connectivity index is 2.25. The second kappa shape index (κ2) is 7.28. The first kappa shape index (κ1) is 14.0. The van der Waals surface area contributed by atoms with Crippen molar-refractivity contribution in [1.82, 2.24) is 20.6 Å². The van der Waals surface area contributed by atoms with Crippen molar-refractivity contribution in [1.29, 1.82) is 0 Å². The molecule has 1 heterocycles. The molecular formula is C10H16N4O4. The first-order chi connectivity index (χ1) is 8.63. The highest BCUT2D eigenvalue weighted by Crippen LogP contribution is 1.89. The third-order valence-corrected chi connectivity index (χ3v) is 2.14. The summed E-state index contributed by atoms with van der Waals surface area (Å²) < 4.78 is 4.69. The molecule has 4 N–H and O–H groups in total. The van der Waals surface area contributed by atoms with Gasteiger partial charge in [-0.25, -0.2) is 14.6 Å².